The van der Waals surface area contributed by atoms with Crippen LogP contribution < -0.4 is 10.1 Å². The lowest BCUT2D eigenvalue weighted by atomic mass is 9.87. The van der Waals surface area contributed by atoms with Crippen molar-refractivity contribution in [2.45, 2.75) is 31.8 Å². The first kappa shape index (κ1) is 14.3. The highest BCUT2D eigenvalue weighted by atomic mass is 79.9. The molecule has 1 aromatic carbocycles. The first-order valence-electron chi connectivity index (χ1n) is 6.42. The zero-order valence-electron chi connectivity index (χ0n) is 10.9. The third-order valence-corrected chi connectivity index (χ3v) is 3.98. The molecule has 2 N–H and O–H groups in total. The summed E-state index contributed by atoms with van der Waals surface area (Å²) in [5.41, 5.74) is 0.674. The molecule has 0 aromatic heterocycles. The number of ether oxygens (including phenoxy) is 1. The first-order chi connectivity index (χ1) is 9.10. The molecule has 1 aromatic rings. The third-order valence-electron chi connectivity index (χ3n) is 3.49. The molecule has 1 amide bonds. The van der Waals surface area contributed by atoms with Crippen molar-refractivity contribution in [3.63, 3.8) is 0 Å². The van der Waals surface area contributed by atoms with Crippen LogP contribution in [0.15, 0.2) is 22.7 Å². The Morgan fingerprint density at radius 3 is 2.68 bits per heavy atom. The van der Waals surface area contributed by atoms with Crippen molar-refractivity contribution in [2.75, 3.05) is 12.4 Å². The lowest BCUT2D eigenvalue weighted by Gasteiger charge is -2.24. The van der Waals surface area contributed by atoms with Crippen LogP contribution in [0.4, 0.5) is 5.69 Å². The van der Waals surface area contributed by atoms with Crippen molar-refractivity contribution >= 4 is 27.5 Å². The van der Waals surface area contributed by atoms with E-state index in [1.165, 1.54) is 0 Å². The monoisotopic (exact) mass is 327 g/mol. The van der Waals surface area contributed by atoms with E-state index in [1.807, 2.05) is 18.2 Å². The number of aliphatic hydroxyl groups is 1. The fourth-order valence-electron chi connectivity index (χ4n) is 2.35. The normalized spacial score (nSPS) is 22.9. The standard InChI is InChI=1S/C14H18BrNO3/c1-19-13-7-4-10(15)8-12(13)16-14(18)9-2-5-11(17)6-3-9/h4,7-9,11,17H,2-3,5-6H2,1H3,(H,16,18). The molecule has 0 bridgehead atoms. The number of carbonyl (C=O) groups excluding carboxylic acids is 1. The van der Waals surface area contributed by atoms with Gasteiger partial charge in [-0.25, -0.2) is 0 Å². The summed E-state index contributed by atoms with van der Waals surface area (Å²) in [6.45, 7) is 0. The highest BCUT2D eigenvalue weighted by Crippen LogP contribution is 2.30. The molecule has 104 valence electrons. The van der Waals surface area contributed by atoms with E-state index >= 15 is 0 Å². The molecule has 1 aliphatic rings. The molecular weight excluding hydrogens is 310 g/mol. The fourth-order valence-corrected chi connectivity index (χ4v) is 2.71. The minimum atomic E-state index is -0.246. The van der Waals surface area contributed by atoms with Crippen LogP contribution in [0.5, 0.6) is 5.75 Å². The summed E-state index contributed by atoms with van der Waals surface area (Å²) in [6, 6.07) is 5.50. The van der Waals surface area contributed by atoms with Gasteiger partial charge in [-0.15, -0.1) is 0 Å². The van der Waals surface area contributed by atoms with Crippen molar-refractivity contribution in [3.8, 4) is 5.75 Å². The molecule has 19 heavy (non-hydrogen) atoms. The number of carbonyl (C=O) groups is 1. The summed E-state index contributed by atoms with van der Waals surface area (Å²) in [5.74, 6) is 0.628. The number of nitrogens with one attached hydrogen (secondary N) is 1. The smallest absolute Gasteiger partial charge is 0.227 e. The molecule has 2 rings (SSSR count). The van der Waals surface area contributed by atoms with Crippen LogP contribution in [0.25, 0.3) is 0 Å². The van der Waals surface area contributed by atoms with Gasteiger partial charge in [0.25, 0.3) is 0 Å². The molecule has 0 unspecified atom stereocenters. The van der Waals surface area contributed by atoms with Gasteiger partial charge >= 0.3 is 0 Å². The van der Waals surface area contributed by atoms with E-state index in [1.54, 1.807) is 7.11 Å². The maximum atomic E-state index is 12.2. The van der Waals surface area contributed by atoms with Crippen molar-refractivity contribution in [1.82, 2.24) is 0 Å². The molecule has 1 fully saturated rings. The Morgan fingerprint density at radius 1 is 1.37 bits per heavy atom. The minimum absolute atomic E-state index is 0.00306. The molecule has 1 saturated carbocycles. The predicted molar refractivity (Wildman–Crippen MR) is 77.3 cm³/mol. The van der Waals surface area contributed by atoms with E-state index in [2.05, 4.69) is 21.2 Å². The second kappa shape index (κ2) is 6.39. The largest absolute Gasteiger partial charge is 0.495 e. The van der Waals surface area contributed by atoms with E-state index in [-0.39, 0.29) is 17.9 Å². The van der Waals surface area contributed by atoms with Crippen molar-refractivity contribution < 1.29 is 14.6 Å². The van der Waals surface area contributed by atoms with Gasteiger partial charge in [0, 0.05) is 10.4 Å². The molecule has 0 atom stereocenters. The SMILES string of the molecule is COc1ccc(Br)cc1NC(=O)C1CCC(O)CC1. The zero-order chi connectivity index (χ0) is 13.8. The summed E-state index contributed by atoms with van der Waals surface area (Å²) < 4.78 is 6.12. The quantitative estimate of drug-likeness (QED) is 0.897. The number of aliphatic hydroxyl groups excluding tert-OH is 1. The number of rotatable bonds is 3. The average molecular weight is 328 g/mol. The van der Waals surface area contributed by atoms with Gasteiger partial charge in [-0.3, -0.25) is 4.79 Å². The Labute approximate surface area is 121 Å². The molecule has 4 nitrogen and oxygen atoms in total. The fraction of sp³-hybridized carbons (Fsp3) is 0.500. The summed E-state index contributed by atoms with van der Waals surface area (Å²) in [4.78, 5) is 12.2. The number of hydrogen-bond acceptors (Lipinski definition) is 3. The van der Waals surface area contributed by atoms with Gasteiger partial charge in [0.05, 0.1) is 18.9 Å². The lowest BCUT2D eigenvalue weighted by molar-refractivity contribution is -0.121. The molecule has 1 aliphatic carbocycles. The number of benzene rings is 1. The maximum Gasteiger partial charge on any atom is 0.227 e. The van der Waals surface area contributed by atoms with Gasteiger partial charge in [0.15, 0.2) is 0 Å². The van der Waals surface area contributed by atoms with E-state index in [0.717, 1.165) is 17.3 Å². The summed E-state index contributed by atoms with van der Waals surface area (Å²) >= 11 is 3.38. The molecule has 0 saturated heterocycles. The second-order valence-corrected chi connectivity index (χ2v) is 5.75. The molecule has 0 aliphatic heterocycles. The summed E-state index contributed by atoms with van der Waals surface area (Å²) in [6.07, 6.45) is 2.64. The predicted octanol–water partition coefficient (Wildman–Crippen LogP) is 2.95. The molecule has 5 heteroatoms. The molecule has 0 radical (unpaired) electrons. The minimum Gasteiger partial charge on any atom is -0.495 e. The van der Waals surface area contributed by atoms with Gasteiger partial charge in [-0.1, -0.05) is 15.9 Å². The highest BCUT2D eigenvalue weighted by Gasteiger charge is 2.25. The first-order valence-corrected chi connectivity index (χ1v) is 7.22. The number of anilines is 1. The highest BCUT2D eigenvalue weighted by molar-refractivity contribution is 9.10. The van der Waals surface area contributed by atoms with Gasteiger partial charge in [0.1, 0.15) is 5.75 Å². The van der Waals surface area contributed by atoms with E-state index < -0.39 is 0 Å². The zero-order valence-corrected chi connectivity index (χ0v) is 12.4. The van der Waals surface area contributed by atoms with Crippen molar-refractivity contribution in [3.05, 3.63) is 22.7 Å². The van der Waals surface area contributed by atoms with E-state index in [0.29, 0.717) is 24.3 Å². The molecule has 0 heterocycles. The van der Waals surface area contributed by atoms with Gasteiger partial charge < -0.3 is 15.2 Å². The number of amides is 1. The van der Waals surface area contributed by atoms with Crippen LogP contribution in [0.2, 0.25) is 0 Å². The van der Waals surface area contributed by atoms with Gasteiger partial charge in [-0.2, -0.15) is 0 Å². The van der Waals surface area contributed by atoms with Crippen LogP contribution in [0.3, 0.4) is 0 Å². The van der Waals surface area contributed by atoms with Gasteiger partial charge in [-0.05, 0) is 43.9 Å². The van der Waals surface area contributed by atoms with E-state index in [4.69, 9.17) is 4.74 Å². The molecule has 0 spiro atoms. The topological polar surface area (TPSA) is 58.6 Å². The summed E-state index contributed by atoms with van der Waals surface area (Å²) in [7, 11) is 1.58. The van der Waals surface area contributed by atoms with Crippen LogP contribution in [0, 0.1) is 5.92 Å². The van der Waals surface area contributed by atoms with Crippen LogP contribution in [-0.2, 0) is 4.79 Å². The Bertz CT molecular complexity index is 456. The Morgan fingerprint density at radius 2 is 2.05 bits per heavy atom. The van der Waals surface area contributed by atoms with Crippen LogP contribution in [0.1, 0.15) is 25.7 Å². The Hall–Kier alpha value is -1.07. The molecular formula is C14H18BrNO3. The second-order valence-electron chi connectivity index (χ2n) is 4.84. The van der Waals surface area contributed by atoms with Crippen molar-refractivity contribution in [2.24, 2.45) is 5.92 Å². The average Bonchev–Trinajstić information content (AvgIpc) is 2.39. The number of methoxy groups -OCH3 is 1. The summed E-state index contributed by atoms with van der Waals surface area (Å²) in [5, 5.41) is 12.4. The van der Waals surface area contributed by atoms with E-state index in [9.17, 15) is 9.90 Å². The Balaban J connectivity index is 2.04. The number of hydrogen-bond donors (Lipinski definition) is 2. The number of halogens is 1. The maximum absolute atomic E-state index is 12.2. The third kappa shape index (κ3) is 3.70. The van der Waals surface area contributed by atoms with Crippen LogP contribution in [-0.4, -0.2) is 24.2 Å². The van der Waals surface area contributed by atoms with Crippen LogP contribution >= 0.6 is 15.9 Å². The lowest BCUT2D eigenvalue weighted by Crippen LogP contribution is -2.28. The van der Waals surface area contributed by atoms with Gasteiger partial charge in [0.2, 0.25) is 5.91 Å². The van der Waals surface area contributed by atoms with Crippen molar-refractivity contribution in [1.29, 1.82) is 0 Å². The Kier molecular flexibility index (Phi) is 4.82.